The zero-order valence-electron chi connectivity index (χ0n) is 11.4. The molecule has 7 nitrogen and oxygen atoms in total. The number of carbonyl (C=O) groups is 1. The summed E-state index contributed by atoms with van der Waals surface area (Å²) < 4.78 is 10.6. The van der Waals surface area contributed by atoms with Gasteiger partial charge in [-0.3, -0.25) is 9.89 Å². The number of nitrogens with zero attached hydrogens (tertiary/aromatic N) is 3. The van der Waals surface area contributed by atoms with Gasteiger partial charge in [-0.1, -0.05) is 5.16 Å². The lowest BCUT2D eigenvalue weighted by Crippen LogP contribution is -2.43. The summed E-state index contributed by atoms with van der Waals surface area (Å²) in [5.41, 5.74) is 2.02. The van der Waals surface area contributed by atoms with E-state index < -0.39 is 0 Å². The molecular weight excluding hydrogens is 260 g/mol. The monoisotopic (exact) mass is 276 g/mol. The molecule has 0 saturated carbocycles. The molecule has 20 heavy (non-hydrogen) atoms. The molecule has 1 saturated heterocycles. The SMILES string of the molecule is Cc1noc(C)c1C(=O)N1CCOC[C@H]1c1ccn[nH]1. The quantitative estimate of drug-likeness (QED) is 0.891. The fourth-order valence-corrected chi connectivity index (χ4v) is 2.49. The number of aromatic nitrogens is 3. The van der Waals surface area contributed by atoms with E-state index in [1.54, 1.807) is 24.9 Å². The third-order valence-electron chi connectivity index (χ3n) is 3.52. The minimum absolute atomic E-state index is 0.0795. The van der Waals surface area contributed by atoms with E-state index in [1.165, 1.54) is 0 Å². The van der Waals surface area contributed by atoms with Crippen molar-refractivity contribution in [2.75, 3.05) is 19.8 Å². The van der Waals surface area contributed by atoms with Gasteiger partial charge in [0.25, 0.3) is 5.91 Å². The van der Waals surface area contributed by atoms with E-state index in [-0.39, 0.29) is 11.9 Å². The molecule has 0 radical (unpaired) electrons. The molecule has 3 heterocycles. The Bertz CT molecular complexity index is 586. The Morgan fingerprint density at radius 1 is 1.50 bits per heavy atom. The number of carbonyl (C=O) groups excluding carboxylic acids is 1. The molecule has 1 N–H and O–H groups in total. The molecule has 0 spiro atoms. The van der Waals surface area contributed by atoms with Crippen molar-refractivity contribution >= 4 is 5.91 Å². The highest BCUT2D eigenvalue weighted by molar-refractivity contribution is 5.96. The molecule has 7 heteroatoms. The molecule has 2 aromatic heterocycles. The molecule has 0 aromatic carbocycles. The van der Waals surface area contributed by atoms with Crippen LogP contribution in [0.5, 0.6) is 0 Å². The van der Waals surface area contributed by atoms with Gasteiger partial charge in [0.05, 0.1) is 30.6 Å². The molecule has 0 unspecified atom stereocenters. The third kappa shape index (κ3) is 2.09. The van der Waals surface area contributed by atoms with Gasteiger partial charge < -0.3 is 14.2 Å². The average Bonchev–Trinajstić information content (AvgIpc) is 3.09. The highest BCUT2D eigenvalue weighted by Gasteiger charge is 2.32. The van der Waals surface area contributed by atoms with Crippen molar-refractivity contribution in [3.63, 3.8) is 0 Å². The first-order chi connectivity index (χ1) is 9.68. The van der Waals surface area contributed by atoms with Gasteiger partial charge in [0.1, 0.15) is 11.3 Å². The maximum Gasteiger partial charge on any atom is 0.260 e. The summed E-state index contributed by atoms with van der Waals surface area (Å²) in [6.07, 6.45) is 1.67. The van der Waals surface area contributed by atoms with Gasteiger partial charge in [-0.25, -0.2) is 0 Å². The van der Waals surface area contributed by atoms with Crippen molar-refractivity contribution in [2.45, 2.75) is 19.9 Å². The first kappa shape index (κ1) is 12.9. The van der Waals surface area contributed by atoms with E-state index in [0.717, 1.165) is 5.69 Å². The summed E-state index contributed by atoms with van der Waals surface area (Å²) >= 11 is 0. The number of aryl methyl sites for hydroxylation is 2. The normalized spacial score (nSPS) is 19.3. The minimum atomic E-state index is -0.160. The zero-order chi connectivity index (χ0) is 14.1. The topological polar surface area (TPSA) is 84.2 Å². The highest BCUT2D eigenvalue weighted by atomic mass is 16.5. The van der Waals surface area contributed by atoms with Gasteiger partial charge in [0, 0.05) is 12.7 Å². The van der Waals surface area contributed by atoms with Crippen LogP contribution >= 0.6 is 0 Å². The summed E-state index contributed by atoms with van der Waals surface area (Å²) in [5.74, 6) is 0.464. The van der Waals surface area contributed by atoms with Gasteiger partial charge in [-0.05, 0) is 19.9 Å². The van der Waals surface area contributed by atoms with Gasteiger partial charge in [-0.2, -0.15) is 5.10 Å². The van der Waals surface area contributed by atoms with Crippen molar-refractivity contribution in [1.82, 2.24) is 20.3 Å². The van der Waals surface area contributed by atoms with Gasteiger partial charge in [0.15, 0.2) is 0 Å². The van der Waals surface area contributed by atoms with Gasteiger partial charge >= 0.3 is 0 Å². The Hall–Kier alpha value is -2.15. The van der Waals surface area contributed by atoms with Crippen LogP contribution in [-0.4, -0.2) is 45.9 Å². The molecule has 3 rings (SSSR count). The van der Waals surface area contributed by atoms with Crippen molar-refractivity contribution in [3.05, 3.63) is 35.0 Å². The number of aromatic amines is 1. The molecule has 1 atom stereocenters. The van der Waals surface area contributed by atoms with Crippen LogP contribution in [0.4, 0.5) is 0 Å². The molecule has 106 valence electrons. The number of rotatable bonds is 2. The smallest absolute Gasteiger partial charge is 0.260 e. The molecule has 1 aliphatic heterocycles. The minimum Gasteiger partial charge on any atom is -0.377 e. The average molecular weight is 276 g/mol. The van der Waals surface area contributed by atoms with Gasteiger partial charge in [0.2, 0.25) is 0 Å². The predicted molar refractivity (Wildman–Crippen MR) is 69.2 cm³/mol. The Kier molecular flexibility index (Phi) is 3.27. The number of morpholine rings is 1. The Labute approximate surface area is 115 Å². The Morgan fingerprint density at radius 3 is 3.00 bits per heavy atom. The molecule has 0 bridgehead atoms. The fraction of sp³-hybridized carbons (Fsp3) is 0.462. The first-order valence-electron chi connectivity index (χ1n) is 6.49. The predicted octanol–water partition coefficient (Wildman–Crippen LogP) is 1.23. The van der Waals surface area contributed by atoms with Crippen molar-refractivity contribution in [3.8, 4) is 0 Å². The molecule has 1 fully saturated rings. The number of ether oxygens (including phenoxy) is 1. The third-order valence-corrected chi connectivity index (χ3v) is 3.52. The highest BCUT2D eigenvalue weighted by Crippen LogP contribution is 2.26. The van der Waals surface area contributed by atoms with Crippen LogP contribution in [0, 0.1) is 13.8 Å². The number of hydrogen-bond acceptors (Lipinski definition) is 5. The number of nitrogens with one attached hydrogen (secondary N) is 1. The summed E-state index contributed by atoms with van der Waals surface area (Å²) in [4.78, 5) is 14.5. The van der Waals surface area contributed by atoms with Crippen molar-refractivity contribution < 1.29 is 14.1 Å². The van der Waals surface area contributed by atoms with Crippen LogP contribution in [0.1, 0.15) is 33.5 Å². The van der Waals surface area contributed by atoms with Crippen molar-refractivity contribution in [2.24, 2.45) is 0 Å². The molecule has 2 aromatic rings. The second-order valence-corrected chi connectivity index (χ2v) is 4.80. The summed E-state index contributed by atoms with van der Waals surface area (Å²) in [5, 5.41) is 10.7. The first-order valence-corrected chi connectivity index (χ1v) is 6.49. The van der Waals surface area contributed by atoms with Crippen LogP contribution in [0.2, 0.25) is 0 Å². The van der Waals surface area contributed by atoms with E-state index in [1.807, 2.05) is 6.07 Å². The van der Waals surface area contributed by atoms with E-state index in [4.69, 9.17) is 9.26 Å². The summed E-state index contributed by atoms with van der Waals surface area (Å²) in [7, 11) is 0. The lowest BCUT2D eigenvalue weighted by molar-refractivity contribution is -0.00403. The standard InChI is InChI=1S/C13H16N4O3/c1-8-12(9(2)20-16-8)13(18)17-5-6-19-7-11(17)10-3-4-14-15-10/h3-4,11H,5-7H2,1-2H3,(H,14,15)/t11-/m0/s1. The largest absolute Gasteiger partial charge is 0.377 e. The van der Waals surface area contributed by atoms with E-state index in [2.05, 4.69) is 15.4 Å². The Balaban J connectivity index is 1.92. The van der Waals surface area contributed by atoms with E-state index in [0.29, 0.717) is 36.8 Å². The molecular formula is C13H16N4O3. The maximum atomic E-state index is 12.7. The van der Waals surface area contributed by atoms with E-state index in [9.17, 15) is 4.79 Å². The number of H-pyrrole nitrogens is 1. The lowest BCUT2D eigenvalue weighted by Gasteiger charge is -2.34. The van der Waals surface area contributed by atoms with Crippen LogP contribution < -0.4 is 0 Å². The van der Waals surface area contributed by atoms with Crippen molar-refractivity contribution in [1.29, 1.82) is 0 Å². The number of amides is 1. The fourth-order valence-electron chi connectivity index (χ4n) is 2.49. The summed E-state index contributed by atoms with van der Waals surface area (Å²) in [6, 6.07) is 1.69. The zero-order valence-corrected chi connectivity index (χ0v) is 11.4. The molecule has 1 aliphatic rings. The summed E-state index contributed by atoms with van der Waals surface area (Å²) in [6.45, 7) is 5.04. The van der Waals surface area contributed by atoms with Crippen LogP contribution in [0.25, 0.3) is 0 Å². The van der Waals surface area contributed by atoms with Gasteiger partial charge in [-0.15, -0.1) is 0 Å². The Morgan fingerprint density at radius 2 is 2.35 bits per heavy atom. The second kappa shape index (κ2) is 5.09. The van der Waals surface area contributed by atoms with Crippen LogP contribution in [0.15, 0.2) is 16.8 Å². The number of hydrogen-bond donors (Lipinski definition) is 1. The van der Waals surface area contributed by atoms with Crippen LogP contribution in [-0.2, 0) is 4.74 Å². The van der Waals surface area contributed by atoms with Crippen LogP contribution in [0.3, 0.4) is 0 Å². The maximum absolute atomic E-state index is 12.7. The lowest BCUT2D eigenvalue weighted by atomic mass is 10.1. The molecule has 0 aliphatic carbocycles. The second-order valence-electron chi connectivity index (χ2n) is 4.80. The molecule has 1 amide bonds. The van der Waals surface area contributed by atoms with E-state index >= 15 is 0 Å².